The summed E-state index contributed by atoms with van der Waals surface area (Å²) >= 11 is 0. The van der Waals surface area contributed by atoms with E-state index in [0.29, 0.717) is 26.2 Å². The van der Waals surface area contributed by atoms with E-state index in [1.807, 2.05) is 0 Å². The number of carbonyl (C=O) groups excluding carboxylic acids is 2. The van der Waals surface area contributed by atoms with Crippen LogP contribution in [0.4, 0.5) is 26.3 Å². The maximum atomic E-state index is 10.8. The number of rotatable bonds is 6. The summed E-state index contributed by atoms with van der Waals surface area (Å²) < 4.78 is 118. The third-order valence-electron chi connectivity index (χ3n) is 2.42. The van der Waals surface area contributed by atoms with Gasteiger partial charge in [-0.15, -0.1) is 0 Å². The van der Waals surface area contributed by atoms with Gasteiger partial charge in [0.25, 0.3) is 0 Å². The Balaban J connectivity index is -0.0000000856. The van der Waals surface area contributed by atoms with Gasteiger partial charge < -0.3 is 42.9 Å². The van der Waals surface area contributed by atoms with Crippen LogP contribution in [0.5, 0.6) is 0 Å². The number of hydrogen-bond acceptors (Lipinski definition) is 14. The number of alkyl halides is 6. The number of carboxylic acid groups (broad SMARTS) is 1. The van der Waals surface area contributed by atoms with Crippen LogP contribution in [0.1, 0.15) is 13.8 Å². The first kappa shape index (κ1) is 48.6. The molecule has 1 atom stereocenters. The molecule has 0 rings (SSSR count). The van der Waals surface area contributed by atoms with Crippen LogP contribution in [-0.2, 0) is 51.4 Å². The van der Waals surface area contributed by atoms with Crippen molar-refractivity contribution in [3.05, 3.63) is 0 Å². The molecule has 0 aliphatic heterocycles. The van der Waals surface area contributed by atoms with Crippen molar-refractivity contribution in [3.63, 3.8) is 0 Å². The molecule has 1 radical (unpaired) electrons. The molecule has 0 aliphatic carbocycles. The minimum atomic E-state index is -6.09. The number of nitrogens with two attached hydrogens (primary N) is 5. The third-order valence-corrected chi connectivity index (χ3v) is 3.55. The molecule has 0 fully saturated rings. The summed E-state index contributed by atoms with van der Waals surface area (Å²) in [5.74, 6) is -3.59. The Labute approximate surface area is 218 Å². The minimum absolute atomic E-state index is 0. The fraction of sp³-hybridized carbons (Fsp3) is 0.769. The van der Waals surface area contributed by atoms with Crippen molar-refractivity contribution in [2.75, 3.05) is 26.2 Å². The summed E-state index contributed by atoms with van der Waals surface area (Å²) in [5.41, 5.74) is 13.4. The second-order valence-electron chi connectivity index (χ2n) is 5.52. The zero-order valence-electron chi connectivity index (χ0n) is 18.9. The van der Waals surface area contributed by atoms with Gasteiger partial charge in [-0.25, -0.2) is 16.8 Å². The Morgan fingerprint density at radius 2 is 0.892 bits per heavy atom. The van der Waals surface area contributed by atoms with Gasteiger partial charge in [-0.1, -0.05) is 0 Å². The Hall–Kier alpha value is -1.48. The normalized spacial score (nSPS) is 11.8. The van der Waals surface area contributed by atoms with Crippen LogP contribution in [-0.4, -0.2) is 91.8 Å². The molecule has 0 bridgehead atoms. The van der Waals surface area contributed by atoms with Gasteiger partial charge >= 0.3 is 33.8 Å². The fourth-order valence-corrected chi connectivity index (χ4v) is 0.935. The third kappa shape index (κ3) is 30.6. The molecular formula is C13H27CoF6N5O10S2. The summed E-state index contributed by atoms with van der Waals surface area (Å²) in [7, 11) is -12.2. The van der Waals surface area contributed by atoms with Crippen LogP contribution < -0.4 is 28.7 Å². The first-order chi connectivity index (χ1) is 15.7. The van der Waals surface area contributed by atoms with E-state index in [1.165, 1.54) is 0 Å². The molecule has 11 N–H and O–H groups in total. The van der Waals surface area contributed by atoms with E-state index in [2.05, 4.69) is 0 Å². The number of halogens is 6. The molecule has 0 aromatic rings. The maximum absolute atomic E-state index is 10.8. The standard InChI is InChI=1S/C7H11NO4.2C2H8N2.2CHF3O3S.Co/c1-3(9)5(4(2)10)6(8)7(11)12;2*3-1-2-4;2*2-1(3,4)8(5,6)7;/h5-6H,8H2,1-2H3,(H,11,12);2*1-4H2;2*(H,5,6,7);/q;;;;;+2/p-2. The molecule has 0 spiro atoms. The van der Waals surface area contributed by atoms with Crippen molar-refractivity contribution in [2.45, 2.75) is 30.9 Å². The van der Waals surface area contributed by atoms with E-state index in [-0.39, 0.29) is 16.8 Å². The van der Waals surface area contributed by atoms with Crippen LogP contribution in [0.2, 0.25) is 0 Å². The van der Waals surface area contributed by atoms with Crippen LogP contribution in [0, 0.1) is 5.92 Å². The second kappa shape index (κ2) is 22.5. The van der Waals surface area contributed by atoms with Crippen LogP contribution in [0.15, 0.2) is 0 Å². The predicted molar refractivity (Wildman–Crippen MR) is 108 cm³/mol. The maximum Gasteiger partial charge on any atom is 2.00 e. The Bertz CT molecular complexity index is 793. The molecule has 0 heterocycles. The molecule has 0 aromatic heterocycles. The Kier molecular flexibility index (Phi) is 29.5. The smallest absolute Gasteiger partial charge is 0.741 e. The van der Waals surface area contributed by atoms with E-state index < -0.39 is 60.7 Å². The van der Waals surface area contributed by atoms with E-state index >= 15 is 0 Å². The number of aliphatic carboxylic acids is 1. The molecule has 24 heteroatoms. The minimum Gasteiger partial charge on any atom is -0.741 e. The number of hydrogen-bond donors (Lipinski definition) is 6. The summed E-state index contributed by atoms with van der Waals surface area (Å²) in [6, 6.07) is -1.43. The first-order valence-corrected chi connectivity index (χ1v) is 11.4. The van der Waals surface area contributed by atoms with Crippen molar-refractivity contribution >= 4 is 37.8 Å². The van der Waals surface area contributed by atoms with Crippen molar-refractivity contribution in [2.24, 2.45) is 34.6 Å². The molecule has 0 saturated carbocycles. The summed E-state index contributed by atoms with van der Waals surface area (Å²) in [6.45, 7) is 4.68. The average molecular weight is 650 g/mol. The largest absolute Gasteiger partial charge is 2.00 e. The molecule has 227 valence electrons. The monoisotopic (exact) mass is 650 g/mol. The topological polar surface area (TPSA) is 316 Å². The van der Waals surface area contributed by atoms with Crippen molar-refractivity contribution in [3.8, 4) is 0 Å². The second-order valence-corrected chi connectivity index (χ2v) is 8.26. The van der Waals surface area contributed by atoms with Crippen molar-refractivity contribution < 1.29 is 88.6 Å². The van der Waals surface area contributed by atoms with Crippen LogP contribution >= 0.6 is 0 Å². The van der Waals surface area contributed by atoms with Gasteiger partial charge in [0.15, 0.2) is 20.2 Å². The first-order valence-electron chi connectivity index (χ1n) is 8.54. The molecule has 0 saturated heterocycles. The van der Waals surface area contributed by atoms with E-state index in [1.54, 1.807) is 0 Å². The summed E-state index contributed by atoms with van der Waals surface area (Å²) in [5, 5.41) is 8.42. The van der Waals surface area contributed by atoms with Crippen molar-refractivity contribution in [1.29, 1.82) is 0 Å². The van der Waals surface area contributed by atoms with Crippen LogP contribution in [0.3, 0.4) is 0 Å². The van der Waals surface area contributed by atoms with Gasteiger partial charge in [-0.3, -0.25) is 14.4 Å². The van der Waals surface area contributed by atoms with Crippen LogP contribution in [0.25, 0.3) is 0 Å². The van der Waals surface area contributed by atoms with Gasteiger partial charge in [0.2, 0.25) is 0 Å². The predicted octanol–water partition coefficient (Wildman–Crippen LogP) is -2.90. The van der Waals surface area contributed by atoms with Gasteiger partial charge in [0.1, 0.15) is 23.5 Å². The number of carboxylic acids is 1. The average Bonchev–Trinajstić information content (AvgIpc) is 2.65. The van der Waals surface area contributed by atoms with Gasteiger partial charge in [0.05, 0.1) is 0 Å². The van der Waals surface area contributed by atoms with E-state index in [4.69, 9.17) is 59.7 Å². The Morgan fingerprint density at radius 3 is 0.919 bits per heavy atom. The zero-order valence-corrected chi connectivity index (χ0v) is 21.6. The Morgan fingerprint density at radius 1 is 0.730 bits per heavy atom. The SMILES string of the molecule is CC(=O)C(C(C)=O)C(N)C(=O)O.NCCN.NCCN.O=S(=O)([O-])C(F)(F)F.O=S(=O)([O-])C(F)(F)F.[Co+2]. The number of ketones is 2. The van der Waals surface area contributed by atoms with Gasteiger partial charge in [-0.2, -0.15) is 26.3 Å². The summed E-state index contributed by atoms with van der Waals surface area (Å²) in [4.78, 5) is 31.9. The summed E-state index contributed by atoms with van der Waals surface area (Å²) in [6.07, 6.45) is 0. The van der Waals surface area contributed by atoms with Gasteiger partial charge in [-0.05, 0) is 13.8 Å². The van der Waals surface area contributed by atoms with E-state index in [0.717, 1.165) is 13.8 Å². The van der Waals surface area contributed by atoms with Gasteiger partial charge in [0, 0.05) is 26.2 Å². The number of Topliss-reactive ketones (excluding diaryl/α,β-unsaturated/α-hetero) is 2. The molecular weight excluding hydrogens is 623 g/mol. The van der Waals surface area contributed by atoms with Crippen molar-refractivity contribution in [1.82, 2.24) is 0 Å². The molecule has 0 aliphatic rings. The quantitative estimate of drug-likeness (QED) is 0.0727. The molecule has 37 heavy (non-hydrogen) atoms. The number of carbonyl (C=O) groups is 3. The molecule has 0 amide bonds. The molecule has 15 nitrogen and oxygen atoms in total. The molecule has 1 unspecified atom stereocenters. The zero-order chi connectivity index (χ0) is 30.7. The van der Waals surface area contributed by atoms with E-state index in [9.17, 15) is 40.7 Å². The fourth-order valence-electron chi connectivity index (χ4n) is 0.935. The molecule has 0 aromatic carbocycles.